The summed E-state index contributed by atoms with van der Waals surface area (Å²) in [6, 6.07) is 0. The lowest BCUT2D eigenvalue weighted by Crippen LogP contribution is -2.14. The molecule has 3 nitrogen and oxygen atoms in total. The maximum absolute atomic E-state index is 11.5. The van der Waals surface area contributed by atoms with E-state index in [4.69, 9.17) is 9.47 Å². The van der Waals surface area contributed by atoms with E-state index in [1.54, 1.807) is 0 Å². The first-order chi connectivity index (χ1) is 6.34. The van der Waals surface area contributed by atoms with Crippen LogP contribution in [0.15, 0.2) is 0 Å². The van der Waals surface area contributed by atoms with Gasteiger partial charge < -0.3 is 9.47 Å². The molecule has 0 bridgehead atoms. The molecule has 1 heterocycles. The Kier molecular flexibility index (Phi) is 5.01. The third kappa shape index (κ3) is 3.87. The molecule has 1 unspecified atom stereocenters. The lowest BCUT2D eigenvalue weighted by atomic mass is 10.00. The minimum Gasteiger partial charge on any atom is -0.382 e. The second kappa shape index (κ2) is 6.11. The Morgan fingerprint density at radius 1 is 1.62 bits per heavy atom. The Balaban J connectivity index is 2.03. The molecule has 13 heavy (non-hydrogen) atoms. The van der Waals surface area contributed by atoms with Gasteiger partial charge in [0.2, 0.25) is 0 Å². The van der Waals surface area contributed by atoms with E-state index < -0.39 is 0 Å². The van der Waals surface area contributed by atoms with Crippen molar-refractivity contribution in [1.29, 1.82) is 0 Å². The molecule has 1 atom stereocenters. The fraction of sp³-hybridized carbons (Fsp3) is 0.900. The van der Waals surface area contributed by atoms with Gasteiger partial charge in [-0.25, -0.2) is 0 Å². The molecular weight excluding hydrogens is 168 g/mol. The molecule has 1 aliphatic heterocycles. The predicted octanol–water partition coefficient (Wildman–Crippen LogP) is 1.41. The van der Waals surface area contributed by atoms with E-state index in [2.05, 4.69) is 0 Å². The summed E-state index contributed by atoms with van der Waals surface area (Å²) in [5, 5.41) is 0. The molecule has 3 heteroatoms. The molecule has 0 aliphatic carbocycles. The topological polar surface area (TPSA) is 35.5 Å². The highest BCUT2D eigenvalue weighted by atomic mass is 16.5. The maximum atomic E-state index is 11.5. The highest BCUT2D eigenvalue weighted by Crippen LogP contribution is 2.15. The van der Waals surface area contributed by atoms with Crippen molar-refractivity contribution in [2.75, 3.05) is 26.4 Å². The summed E-state index contributed by atoms with van der Waals surface area (Å²) in [7, 11) is 0. The van der Waals surface area contributed by atoms with E-state index in [-0.39, 0.29) is 5.92 Å². The molecule has 0 saturated carbocycles. The predicted molar refractivity (Wildman–Crippen MR) is 49.7 cm³/mol. The first-order valence-corrected chi connectivity index (χ1v) is 5.02. The van der Waals surface area contributed by atoms with Crippen molar-refractivity contribution in [3.05, 3.63) is 0 Å². The van der Waals surface area contributed by atoms with Gasteiger partial charge in [0.1, 0.15) is 5.78 Å². The summed E-state index contributed by atoms with van der Waals surface area (Å²) in [6.45, 7) is 4.79. The monoisotopic (exact) mass is 186 g/mol. The van der Waals surface area contributed by atoms with Crippen molar-refractivity contribution in [3.8, 4) is 0 Å². The van der Waals surface area contributed by atoms with Gasteiger partial charge in [0.05, 0.1) is 6.61 Å². The fourth-order valence-corrected chi connectivity index (χ4v) is 1.49. The van der Waals surface area contributed by atoms with Crippen molar-refractivity contribution in [3.63, 3.8) is 0 Å². The second-order valence-electron chi connectivity index (χ2n) is 3.33. The van der Waals surface area contributed by atoms with Crippen molar-refractivity contribution in [2.45, 2.75) is 26.2 Å². The lowest BCUT2D eigenvalue weighted by Gasteiger charge is -2.05. The number of carbonyl (C=O) groups is 1. The van der Waals surface area contributed by atoms with E-state index in [1.165, 1.54) is 0 Å². The molecule has 1 aliphatic rings. The Morgan fingerprint density at radius 3 is 3.08 bits per heavy atom. The Hall–Kier alpha value is -0.410. The van der Waals surface area contributed by atoms with Gasteiger partial charge in [0, 0.05) is 32.2 Å². The molecule has 1 fully saturated rings. The summed E-state index contributed by atoms with van der Waals surface area (Å²) >= 11 is 0. The van der Waals surface area contributed by atoms with E-state index >= 15 is 0 Å². The summed E-state index contributed by atoms with van der Waals surface area (Å²) in [6.07, 6.45) is 2.41. The van der Waals surface area contributed by atoms with Gasteiger partial charge in [-0.15, -0.1) is 0 Å². The van der Waals surface area contributed by atoms with Crippen LogP contribution in [0.1, 0.15) is 26.2 Å². The van der Waals surface area contributed by atoms with Crippen LogP contribution < -0.4 is 0 Å². The number of carbonyl (C=O) groups excluding carboxylic acids is 1. The molecule has 0 amide bonds. The Labute approximate surface area is 79.4 Å². The van der Waals surface area contributed by atoms with Crippen LogP contribution in [0.3, 0.4) is 0 Å². The molecule has 0 aromatic carbocycles. The Bertz CT molecular complexity index is 150. The van der Waals surface area contributed by atoms with Crippen molar-refractivity contribution in [2.24, 2.45) is 5.92 Å². The van der Waals surface area contributed by atoms with Gasteiger partial charge in [0.25, 0.3) is 0 Å². The summed E-state index contributed by atoms with van der Waals surface area (Å²) in [5.74, 6) is 0.513. The van der Waals surface area contributed by atoms with Crippen molar-refractivity contribution in [1.82, 2.24) is 0 Å². The van der Waals surface area contributed by atoms with Gasteiger partial charge in [-0.3, -0.25) is 4.79 Å². The number of hydrogen-bond acceptors (Lipinski definition) is 3. The van der Waals surface area contributed by atoms with Crippen LogP contribution in [-0.2, 0) is 14.3 Å². The molecule has 0 spiro atoms. The number of ether oxygens (including phenoxy) is 2. The molecular formula is C10H18O3. The molecule has 0 radical (unpaired) electrons. The van der Waals surface area contributed by atoms with Crippen LogP contribution in [0.4, 0.5) is 0 Å². The molecule has 1 saturated heterocycles. The second-order valence-corrected chi connectivity index (χ2v) is 3.33. The van der Waals surface area contributed by atoms with Gasteiger partial charge in [-0.1, -0.05) is 0 Å². The first kappa shape index (κ1) is 10.7. The smallest absolute Gasteiger partial charge is 0.138 e. The third-order valence-corrected chi connectivity index (χ3v) is 2.30. The molecule has 1 rings (SSSR count). The van der Waals surface area contributed by atoms with Crippen LogP contribution in [0.25, 0.3) is 0 Å². The third-order valence-electron chi connectivity index (χ3n) is 2.30. The highest BCUT2D eigenvalue weighted by molar-refractivity contribution is 5.81. The van der Waals surface area contributed by atoms with E-state index in [0.29, 0.717) is 25.4 Å². The zero-order valence-corrected chi connectivity index (χ0v) is 8.25. The number of ketones is 1. The van der Waals surface area contributed by atoms with Crippen LogP contribution in [0.2, 0.25) is 0 Å². The number of rotatable bonds is 6. The van der Waals surface area contributed by atoms with Gasteiger partial charge >= 0.3 is 0 Å². The van der Waals surface area contributed by atoms with Crippen LogP contribution in [-0.4, -0.2) is 32.2 Å². The summed E-state index contributed by atoms with van der Waals surface area (Å²) in [5.41, 5.74) is 0. The van der Waals surface area contributed by atoms with Gasteiger partial charge in [-0.2, -0.15) is 0 Å². The van der Waals surface area contributed by atoms with Crippen molar-refractivity contribution >= 4 is 5.78 Å². The molecule has 0 N–H and O–H groups in total. The average Bonchev–Trinajstić information content (AvgIpc) is 2.65. The van der Waals surface area contributed by atoms with Crippen molar-refractivity contribution < 1.29 is 14.3 Å². The SMILES string of the molecule is CCOCCCC(=O)C1CCOC1. The van der Waals surface area contributed by atoms with Gasteiger partial charge in [-0.05, 0) is 19.8 Å². The normalized spacial score (nSPS) is 22.1. The average molecular weight is 186 g/mol. The standard InChI is InChI=1S/C10H18O3/c1-2-12-6-3-4-10(11)9-5-7-13-8-9/h9H,2-8H2,1H3. The van der Waals surface area contributed by atoms with Crippen LogP contribution in [0.5, 0.6) is 0 Å². The van der Waals surface area contributed by atoms with E-state index in [1.807, 2.05) is 6.92 Å². The minimum atomic E-state index is 0.168. The largest absolute Gasteiger partial charge is 0.382 e. The first-order valence-electron chi connectivity index (χ1n) is 5.02. The number of hydrogen-bond donors (Lipinski definition) is 0. The van der Waals surface area contributed by atoms with Crippen LogP contribution in [0, 0.1) is 5.92 Å². The molecule has 0 aromatic rings. The highest BCUT2D eigenvalue weighted by Gasteiger charge is 2.22. The van der Waals surface area contributed by atoms with E-state index in [9.17, 15) is 4.79 Å². The Morgan fingerprint density at radius 2 is 2.46 bits per heavy atom. The maximum Gasteiger partial charge on any atom is 0.138 e. The van der Waals surface area contributed by atoms with E-state index in [0.717, 1.165) is 26.1 Å². The van der Waals surface area contributed by atoms with Crippen LogP contribution >= 0.6 is 0 Å². The van der Waals surface area contributed by atoms with Gasteiger partial charge in [0.15, 0.2) is 0 Å². The summed E-state index contributed by atoms with van der Waals surface area (Å²) in [4.78, 5) is 11.5. The molecule has 0 aromatic heterocycles. The quantitative estimate of drug-likeness (QED) is 0.588. The lowest BCUT2D eigenvalue weighted by molar-refractivity contribution is -0.123. The number of Topliss-reactive ketones (excluding diaryl/α,β-unsaturated/α-hetero) is 1. The summed E-state index contributed by atoms with van der Waals surface area (Å²) < 4.78 is 10.3. The zero-order valence-electron chi connectivity index (χ0n) is 8.25. The fourth-order valence-electron chi connectivity index (χ4n) is 1.49. The zero-order chi connectivity index (χ0) is 9.52. The minimum absolute atomic E-state index is 0.168. The molecule has 76 valence electrons.